The third kappa shape index (κ3) is 12.9. The van der Waals surface area contributed by atoms with E-state index in [4.69, 9.17) is 61.3 Å². The number of carbonyl (C=O) groups is 2. The molecule has 14 nitrogen and oxygen atoms in total. The van der Waals surface area contributed by atoms with Crippen LogP contribution in [-0.4, -0.2) is 173 Å². The van der Waals surface area contributed by atoms with Crippen molar-refractivity contribution in [3.63, 3.8) is 0 Å². The molecule has 0 aromatic rings. The fourth-order valence-electron chi connectivity index (χ4n) is 1.34. The predicted octanol–water partition coefficient (Wildman–Crippen LogP) is -7.90. The first-order valence-electron chi connectivity index (χ1n) is 6.95. The summed E-state index contributed by atoms with van der Waals surface area (Å²) in [6.07, 6.45) is -15.7. The van der Waals surface area contributed by atoms with E-state index in [-0.39, 0.29) is 57.2 Å². The summed E-state index contributed by atoms with van der Waals surface area (Å²) in [7, 11) is 0. The quantitative estimate of drug-likeness (QED) is 0.124. The Morgan fingerprint density at radius 1 is 0.571 bits per heavy atom. The molecule has 0 heterocycles. The first-order chi connectivity index (χ1) is 11.8. The van der Waals surface area contributed by atoms with Crippen molar-refractivity contribution in [2.75, 3.05) is 13.2 Å². The molecule has 0 rings (SSSR count). The molecule has 0 aliphatic carbocycles. The minimum absolute atomic E-state index is 0. The molecule has 16 heteroatoms. The normalized spacial score (nSPS) is 18.9. The van der Waals surface area contributed by atoms with Crippen LogP contribution in [0.4, 0.5) is 0 Å². The summed E-state index contributed by atoms with van der Waals surface area (Å²) in [5.74, 6) is -3.45. The molecular weight excluding hydrogens is 474 g/mol. The Bertz CT molecular complexity index is 391. The van der Waals surface area contributed by atoms with Gasteiger partial charge in [0, 0.05) is 19.5 Å². The summed E-state index contributed by atoms with van der Waals surface area (Å²) in [6, 6.07) is 0. The van der Waals surface area contributed by atoms with Crippen LogP contribution in [-0.2, 0) is 29.1 Å². The van der Waals surface area contributed by atoms with E-state index in [9.17, 15) is 9.59 Å². The summed E-state index contributed by atoms with van der Waals surface area (Å²) in [6.45, 7) is -1.69. The Kier molecular flexibility index (Phi) is 23.3. The maximum Gasteiger partial charge on any atom is 0 e. The molecule has 8 atom stereocenters. The molecule has 0 saturated carbocycles. The zero-order valence-electron chi connectivity index (χ0n) is 13.9. The Balaban J connectivity index is -0.000000192. The Hall–Kier alpha value is 0.423. The van der Waals surface area contributed by atoms with Crippen molar-refractivity contribution in [3.05, 3.63) is 0 Å². The van der Waals surface area contributed by atoms with Gasteiger partial charge in [0.2, 0.25) is 0 Å². The van der Waals surface area contributed by atoms with Crippen LogP contribution >= 0.6 is 0 Å². The van der Waals surface area contributed by atoms with Crippen LogP contribution in [0.5, 0.6) is 0 Å². The van der Waals surface area contributed by atoms with E-state index in [1.807, 2.05) is 0 Å². The molecule has 0 fully saturated rings. The van der Waals surface area contributed by atoms with Crippen molar-refractivity contribution in [1.29, 1.82) is 0 Å². The zero-order valence-corrected chi connectivity index (χ0v) is 16.9. The first kappa shape index (κ1) is 35.8. The van der Waals surface area contributed by atoms with Crippen molar-refractivity contribution in [2.45, 2.75) is 48.8 Å². The SMILES string of the molecule is O=C(O)C(O)C(O)C(O)C(O)CO.O=C(O)C(O)C(O)C(O)C(O)CO.[CaH2].[Zn]. The molecule has 0 saturated heterocycles. The standard InChI is InChI=1S/2C6H12O7.Ca.Zn.2H/c2*7-1-2(8)3(9)4(10)5(11)6(12)13;;;;/h2*2-5,7-11H,1H2,(H,12,13);;;;. The van der Waals surface area contributed by atoms with Crippen LogP contribution in [0.15, 0.2) is 0 Å². The van der Waals surface area contributed by atoms with Crippen LogP contribution in [0.1, 0.15) is 0 Å². The molecule has 0 aromatic heterocycles. The summed E-state index contributed by atoms with van der Waals surface area (Å²) in [4.78, 5) is 20.2. The molecule has 0 bridgehead atoms. The molecule has 28 heavy (non-hydrogen) atoms. The number of rotatable bonds is 10. The van der Waals surface area contributed by atoms with Gasteiger partial charge in [-0.25, -0.2) is 9.59 Å². The average Bonchev–Trinajstić information content (AvgIpc) is 2.62. The molecule has 0 spiro atoms. The summed E-state index contributed by atoms with van der Waals surface area (Å²) < 4.78 is 0. The van der Waals surface area contributed by atoms with Gasteiger partial charge in [-0.15, -0.1) is 0 Å². The van der Waals surface area contributed by atoms with Crippen molar-refractivity contribution < 1.29 is 90.3 Å². The molecule has 0 aliphatic heterocycles. The second-order valence-electron chi connectivity index (χ2n) is 5.03. The molecule has 0 aliphatic rings. The van der Waals surface area contributed by atoms with E-state index in [2.05, 4.69) is 0 Å². The molecule has 0 radical (unpaired) electrons. The van der Waals surface area contributed by atoms with E-state index in [0.29, 0.717) is 0 Å². The van der Waals surface area contributed by atoms with Gasteiger partial charge in [-0.1, -0.05) is 0 Å². The fourth-order valence-corrected chi connectivity index (χ4v) is 1.34. The number of carboxylic acid groups (broad SMARTS) is 2. The average molecular weight is 500 g/mol. The molecule has 8 unspecified atom stereocenters. The zero-order chi connectivity index (χ0) is 21.2. The van der Waals surface area contributed by atoms with E-state index in [1.54, 1.807) is 0 Å². The largest absolute Gasteiger partial charge is 0 e. The third-order valence-electron chi connectivity index (χ3n) is 3.02. The smallest absolute Gasteiger partial charge is 0 e. The van der Waals surface area contributed by atoms with Gasteiger partial charge in [-0.3, -0.25) is 0 Å². The van der Waals surface area contributed by atoms with Gasteiger partial charge in [-0.05, 0) is 0 Å². The topological polar surface area (TPSA) is 277 Å². The van der Waals surface area contributed by atoms with Gasteiger partial charge in [0.05, 0.1) is 13.2 Å². The molecule has 0 amide bonds. The summed E-state index contributed by atoms with van der Waals surface area (Å²) >= 11 is 0. The maximum absolute atomic E-state index is 10.1. The second kappa shape index (κ2) is 18.2. The van der Waals surface area contributed by atoms with Gasteiger partial charge < -0.3 is 61.3 Å². The van der Waals surface area contributed by atoms with E-state index < -0.39 is 74.0 Å². The van der Waals surface area contributed by atoms with E-state index in [0.717, 1.165) is 0 Å². The van der Waals surface area contributed by atoms with Crippen LogP contribution in [0.3, 0.4) is 0 Å². The van der Waals surface area contributed by atoms with Gasteiger partial charge in [-0.2, -0.15) is 0 Å². The number of hydrogen-bond acceptors (Lipinski definition) is 12. The monoisotopic (exact) mass is 498 g/mol. The summed E-state index contributed by atoms with van der Waals surface area (Å²) in [5.41, 5.74) is 0. The first-order valence-corrected chi connectivity index (χ1v) is 6.95. The van der Waals surface area contributed by atoms with Crippen molar-refractivity contribution >= 4 is 49.7 Å². The van der Waals surface area contributed by atoms with Crippen LogP contribution < -0.4 is 0 Å². The Morgan fingerprint density at radius 2 is 0.786 bits per heavy atom. The van der Waals surface area contributed by atoms with Crippen molar-refractivity contribution in [2.24, 2.45) is 0 Å². The molecule has 162 valence electrons. The van der Waals surface area contributed by atoms with Crippen molar-refractivity contribution in [3.8, 4) is 0 Å². The molecular formula is C12H26CaO14Zn. The third-order valence-corrected chi connectivity index (χ3v) is 3.02. The maximum atomic E-state index is 10.1. The minimum atomic E-state index is -2.20. The molecule has 0 aromatic carbocycles. The van der Waals surface area contributed by atoms with Crippen LogP contribution in [0, 0.1) is 0 Å². The van der Waals surface area contributed by atoms with Gasteiger partial charge >= 0.3 is 49.7 Å². The van der Waals surface area contributed by atoms with Crippen molar-refractivity contribution in [1.82, 2.24) is 0 Å². The van der Waals surface area contributed by atoms with Crippen LogP contribution in [0.2, 0.25) is 0 Å². The Labute approximate surface area is 201 Å². The van der Waals surface area contributed by atoms with Gasteiger partial charge in [0.1, 0.15) is 36.6 Å². The van der Waals surface area contributed by atoms with E-state index >= 15 is 0 Å². The van der Waals surface area contributed by atoms with Gasteiger partial charge in [0.25, 0.3) is 0 Å². The second-order valence-corrected chi connectivity index (χ2v) is 5.03. The number of aliphatic hydroxyl groups excluding tert-OH is 10. The summed E-state index contributed by atoms with van der Waals surface area (Å²) in [5, 5.41) is 104. The van der Waals surface area contributed by atoms with Gasteiger partial charge in [0.15, 0.2) is 12.2 Å². The number of aliphatic hydroxyl groups is 10. The predicted molar refractivity (Wildman–Crippen MR) is 86.0 cm³/mol. The minimum Gasteiger partial charge on any atom is 0 e. The van der Waals surface area contributed by atoms with E-state index in [1.165, 1.54) is 0 Å². The number of aliphatic carboxylic acids is 2. The fraction of sp³-hybridized carbons (Fsp3) is 0.833. The molecule has 12 N–H and O–H groups in total. The number of carboxylic acids is 2. The van der Waals surface area contributed by atoms with Crippen LogP contribution in [0.25, 0.3) is 0 Å². The number of hydrogen-bond donors (Lipinski definition) is 12. The Morgan fingerprint density at radius 3 is 0.929 bits per heavy atom.